The summed E-state index contributed by atoms with van der Waals surface area (Å²) in [6, 6.07) is 7.96. The summed E-state index contributed by atoms with van der Waals surface area (Å²) in [6.45, 7) is 6.14. The molecule has 0 heterocycles. The lowest BCUT2D eigenvalue weighted by atomic mass is 9.97. The molecule has 0 radical (unpaired) electrons. The number of benzene rings is 3. The van der Waals surface area contributed by atoms with E-state index >= 15 is 4.39 Å². The van der Waals surface area contributed by atoms with Crippen LogP contribution in [-0.4, -0.2) is 59.2 Å². The second-order valence-electron chi connectivity index (χ2n) is 11.8. The number of amides is 1. The number of anilines is 1. The fourth-order valence-corrected chi connectivity index (χ4v) is 8.07. The minimum absolute atomic E-state index is 0.0977. The number of nitrogens with zero attached hydrogens (tertiary/aromatic N) is 1. The first-order valence-corrected chi connectivity index (χ1v) is 18.2. The fraction of sp³-hybridized carbons (Fsp3) is 0.375. The molecule has 0 aliphatic carbocycles. The van der Waals surface area contributed by atoms with Crippen molar-refractivity contribution in [2.24, 2.45) is 0 Å². The highest BCUT2D eigenvalue weighted by Gasteiger charge is 2.34. The van der Waals surface area contributed by atoms with E-state index in [0.29, 0.717) is 4.31 Å². The van der Waals surface area contributed by atoms with E-state index < -0.39 is 84.3 Å². The number of carbonyl (C=O) groups excluding carboxylic acids is 2. The second kappa shape index (κ2) is 15.6. The van der Waals surface area contributed by atoms with Crippen LogP contribution in [0.5, 0.6) is 0 Å². The molecular formula is C32H36ClF3N2O8S2. The molecule has 0 aromatic heterocycles. The van der Waals surface area contributed by atoms with Crippen LogP contribution in [0.15, 0.2) is 65.6 Å². The van der Waals surface area contributed by atoms with E-state index in [2.05, 4.69) is 10.1 Å². The summed E-state index contributed by atoms with van der Waals surface area (Å²) in [5.74, 6) is -5.03. The predicted octanol–water partition coefficient (Wildman–Crippen LogP) is 6.13. The van der Waals surface area contributed by atoms with Crippen LogP contribution in [-0.2, 0) is 40.5 Å². The molecule has 3 rings (SSSR count). The van der Waals surface area contributed by atoms with Gasteiger partial charge in [-0.2, -0.15) is 0 Å². The van der Waals surface area contributed by atoms with Crippen molar-refractivity contribution in [3.63, 3.8) is 0 Å². The first-order valence-electron chi connectivity index (χ1n) is 14.5. The Morgan fingerprint density at radius 3 is 2.15 bits per heavy atom. The van der Waals surface area contributed by atoms with Crippen molar-refractivity contribution >= 4 is 49.2 Å². The van der Waals surface area contributed by atoms with E-state index in [1.165, 1.54) is 37.3 Å². The molecule has 0 fully saturated rings. The third-order valence-electron chi connectivity index (χ3n) is 6.92. The average Bonchev–Trinajstić information content (AvgIpc) is 2.97. The highest BCUT2D eigenvalue weighted by atomic mass is 35.5. The Kier molecular flexibility index (Phi) is 12.6. The molecule has 16 heteroatoms. The van der Waals surface area contributed by atoms with Crippen molar-refractivity contribution in [2.75, 3.05) is 22.9 Å². The van der Waals surface area contributed by atoms with E-state index in [-0.39, 0.29) is 33.9 Å². The van der Waals surface area contributed by atoms with E-state index in [4.69, 9.17) is 16.3 Å². The number of halogens is 4. The Morgan fingerprint density at radius 1 is 0.938 bits per heavy atom. The van der Waals surface area contributed by atoms with Crippen LogP contribution < -0.4 is 9.62 Å². The smallest absolute Gasteiger partial charge is 0.408 e. The van der Waals surface area contributed by atoms with Crippen molar-refractivity contribution in [3.05, 3.63) is 94.3 Å². The highest BCUT2D eigenvalue weighted by molar-refractivity contribution is 7.93. The molecule has 2 atom stereocenters. The largest absolute Gasteiger partial charge is 0.467 e. The Balaban J connectivity index is 1.92. The summed E-state index contributed by atoms with van der Waals surface area (Å²) in [5.41, 5.74) is -1.15. The highest BCUT2D eigenvalue weighted by Crippen LogP contribution is 2.37. The molecule has 0 saturated carbocycles. The van der Waals surface area contributed by atoms with Gasteiger partial charge in [-0.25, -0.2) is 39.6 Å². The van der Waals surface area contributed by atoms with Gasteiger partial charge in [0.2, 0.25) is 0 Å². The maximum absolute atomic E-state index is 15.2. The van der Waals surface area contributed by atoms with Crippen LogP contribution in [0.3, 0.4) is 0 Å². The zero-order chi connectivity index (χ0) is 36.0. The van der Waals surface area contributed by atoms with Crippen LogP contribution in [0.4, 0.5) is 23.7 Å². The summed E-state index contributed by atoms with van der Waals surface area (Å²) in [7, 11) is -7.60. The van der Waals surface area contributed by atoms with Gasteiger partial charge < -0.3 is 14.8 Å². The first kappa shape index (κ1) is 38.6. The molecule has 0 aliphatic heterocycles. The quantitative estimate of drug-likeness (QED) is 0.208. The zero-order valence-corrected chi connectivity index (χ0v) is 29.2. The number of aryl methyl sites for hydroxylation is 1. The topological polar surface area (TPSA) is 136 Å². The van der Waals surface area contributed by atoms with E-state index in [1.54, 1.807) is 20.8 Å². The summed E-state index contributed by atoms with van der Waals surface area (Å²) in [6.07, 6.45) is -1.25. The number of hydrogen-bond donors (Lipinski definition) is 1. The second-order valence-corrected chi connectivity index (χ2v) is 16.3. The minimum atomic E-state index is -4.58. The van der Waals surface area contributed by atoms with E-state index in [1.807, 2.05) is 0 Å². The summed E-state index contributed by atoms with van der Waals surface area (Å²) in [4.78, 5) is 24.2. The number of esters is 1. The Morgan fingerprint density at radius 2 is 1.54 bits per heavy atom. The SMILES string of the molecule is COC(=O)C(CS(=O)(=O)CCCc1cc(F)ccc1C(C)N(c1cc(F)ccc1F)S(=O)(=O)c1ccc(Cl)cc1)NC(=O)OC(C)(C)C. The predicted molar refractivity (Wildman–Crippen MR) is 174 cm³/mol. The summed E-state index contributed by atoms with van der Waals surface area (Å²) in [5, 5.41) is 2.43. The van der Waals surface area contributed by atoms with Gasteiger partial charge in [0.05, 0.1) is 35.2 Å². The standard InChI is InChI=1S/C32H36ClF3N2O8S2/c1-20(38(29-18-24(35)11-15-27(29)36)48(43,44)25-12-8-22(33)9-13-25)26-14-10-23(34)17-21(26)7-6-16-47(41,42)19-28(30(39)45-5)37-31(40)46-32(2,3)4/h8-15,17-18,20,28H,6-7,16,19H2,1-5H3,(H,37,40). The number of hydrogen-bond acceptors (Lipinski definition) is 8. The van der Waals surface area contributed by atoms with E-state index in [0.717, 1.165) is 37.4 Å². The Labute approximate surface area is 283 Å². The molecule has 0 bridgehead atoms. The normalized spacial score (nSPS) is 13.4. The molecule has 1 N–H and O–H groups in total. The number of sulfone groups is 1. The number of sulfonamides is 1. The van der Waals surface area contributed by atoms with Crippen molar-refractivity contribution in [1.82, 2.24) is 5.32 Å². The third kappa shape index (κ3) is 10.3. The van der Waals surface area contributed by atoms with Crippen LogP contribution in [0, 0.1) is 17.5 Å². The average molecular weight is 733 g/mol. The molecule has 262 valence electrons. The minimum Gasteiger partial charge on any atom is -0.467 e. The Hall–Kier alpha value is -3.82. The number of rotatable bonds is 13. The van der Waals surface area contributed by atoms with Crippen LogP contribution in [0.1, 0.15) is 51.3 Å². The molecular weight excluding hydrogens is 697 g/mol. The van der Waals surface area contributed by atoms with Gasteiger partial charge in [0.25, 0.3) is 10.0 Å². The lowest BCUT2D eigenvalue weighted by Gasteiger charge is -2.32. The number of nitrogens with one attached hydrogen (secondary N) is 1. The maximum atomic E-state index is 15.2. The lowest BCUT2D eigenvalue weighted by molar-refractivity contribution is -0.142. The van der Waals surface area contributed by atoms with Gasteiger partial charge in [-0.05, 0) is 100 Å². The van der Waals surface area contributed by atoms with Crippen LogP contribution >= 0.6 is 11.6 Å². The van der Waals surface area contributed by atoms with Crippen molar-refractivity contribution in [2.45, 2.75) is 63.1 Å². The maximum Gasteiger partial charge on any atom is 0.408 e. The number of ether oxygens (including phenoxy) is 2. The molecule has 1 amide bonds. The molecule has 0 aliphatic rings. The number of carbonyl (C=O) groups is 2. The zero-order valence-electron chi connectivity index (χ0n) is 26.8. The Bertz CT molecular complexity index is 1850. The van der Waals surface area contributed by atoms with Crippen molar-refractivity contribution in [1.29, 1.82) is 0 Å². The number of alkyl carbamates (subject to hydrolysis) is 1. The van der Waals surface area contributed by atoms with Crippen molar-refractivity contribution in [3.8, 4) is 0 Å². The molecule has 0 spiro atoms. The summed E-state index contributed by atoms with van der Waals surface area (Å²) < 4.78 is 108. The molecule has 48 heavy (non-hydrogen) atoms. The van der Waals surface area contributed by atoms with Gasteiger partial charge in [-0.1, -0.05) is 17.7 Å². The van der Waals surface area contributed by atoms with Crippen molar-refractivity contribution < 1.29 is 49.1 Å². The van der Waals surface area contributed by atoms with Gasteiger partial charge in [-0.15, -0.1) is 0 Å². The molecule has 3 aromatic rings. The molecule has 3 aromatic carbocycles. The van der Waals surface area contributed by atoms with Gasteiger partial charge in [0.1, 0.15) is 29.1 Å². The summed E-state index contributed by atoms with van der Waals surface area (Å²) >= 11 is 5.93. The van der Waals surface area contributed by atoms with Crippen LogP contribution in [0.2, 0.25) is 5.02 Å². The van der Waals surface area contributed by atoms with Gasteiger partial charge in [0.15, 0.2) is 9.84 Å². The fourth-order valence-electron chi connectivity index (χ4n) is 4.83. The number of methoxy groups -OCH3 is 1. The first-order chi connectivity index (χ1) is 22.2. The van der Waals surface area contributed by atoms with E-state index in [9.17, 15) is 35.2 Å². The van der Waals surface area contributed by atoms with Gasteiger partial charge >= 0.3 is 12.1 Å². The molecule has 0 saturated heterocycles. The monoisotopic (exact) mass is 732 g/mol. The van der Waals surface area contributed by atoms with Crippen LogP contribution in [0.25, 0.3) is 0 Å². The molecule has 2 unspecified atom stereocenters. The third-order valence-corrected chi connectivity index (χ3v) is 10.8. The lowest BCUT2D eigenvalue weighted by Crippen LogP contribution is -2.48. The van der Waals surface area contributed by atoms with Gasteiger partial charge in [0, 0.05) is 11.1 Å². The molecule has 10 nitrogen and oxygen atoms in total. The van der Waals surface area contributed by atoms with Gasteiger partial charge in [-0.3, -0.25) is 4.31 Å².